The van der Waals surface area contributed by atoms with Gasteiger partial charge >= 0.3 is 0 Å². The number of piperidine rings is 1. The number of aromatic nitrogens is 3. The Kier molecular flexibility index (Phi) is 3.01. The van der Waals surface area contributed by atoms with Gasteiger partial charge in [0.15, 0.2) is 5.82 Å². The fourth-order valence-electron chi connectivity index (χ4n) is 2.47. The van der Waals surface area contributed by atoms with Crippen molar-refractivity contribution in [3.63, 3.8) is 0 Å². The second-order valence-electron chi connectivity index (χ2n) is 4.52. The van der Waals surface area contributed by atoms with Crippen LogP contribution >= 0.6 is 15.9 Å². The van der Waals surface area contributed by atoms with Crippen molar-refractivity contribution in [2.75, 3.05) is 23.3 Å². The molecule has 90 valence electrons. The van der Waals surface area contributed by atoms with Crippen molar-refractivity contribution in [1.29, 1.82) is 0 Å². The summed E-state index contributed by atoms with van der Waals surface area (Å²) >= 11 is 3.59. The van der Waals surface area contributed by atoms with E-state index in [-0.39, 0.29) is 0 Å². The molecule has 0 N–H and O–H groups in total. The smallest absolute Gasteiger partial charge is 0.154 e. The molecule has 4 nitrogen and oxygen atoms in total. The maximum atomic E-state index is 4.52. The first-order valence-corrected chi connectivity index (χ1v) is 7.10. The second kappa shape index (κ2) is 4.64. The van der Waals surface area contributed by atoms with Gasteiger partial charge < -0.3 is 4.90 Å². The van der Waals surface area contributed by atoms with Crippen molar-refractivity contribution in [3.05, 3.63) is 24.7 Å². The number of rotatable bonds is 2. The third kappa shape index (κ3) is 2.04. The lowest BCUT2D eigenvalue weighted by atomic mass is 10.0. The standard InChI is InChI=1S/C12H15BrN4/c13-8-10-2-1-6-16(9-10)12-11-3-4-15-17(11)7-5-14-12/h3-5,7,10H,1-2,6,8-9H2. The maximum Gasteiger partial charge on any atom is 0.154 e. The van der Waals surface area contributed by atoms with Gasteiger partial charge in [-0.15, -0.1) is 0 Å². The van der Waals surface area contributed by atoms with Crippen molar-refractivity contribution in [2.24, 2.45) is 5.92 Å². The Morgan fingerprint density at radius 2 is 2.35 bits per heavy atom. The van der Waals surface area contributed by atoms with Crippen molar-refractivity contribution >= 4 is 27.3 Å². The van der Waals surface area contributed by atoms with Gasteiger partial charge in [-0.25, -0.2) is 9.50 Å². The van der Waals surface area contributed by atoms with E-state index in [1.165, 1.54) is 12.8 Å². The Balaban J connectivity index is 1.94. The van der Waals surface area contributed by atoms with Crippen LogP contribution in [0.1, 0.15) is 12.8 Å². The summed E-state index contributed by atoms with van der Waals surface area (Å²) in [6.45, 7) is 2.18. The summed E-state index contributed by atoms with van der Waals surface area (Å²) in [5.41, 5.74) is 1.10. The molecular weight excluding hydrogens is 280 g/mol. The van der Waals surface area contributed by atoms with Crippen LogP contribution in [0.25, 0.3) is 5.52 Å². The number of alkyl halides is 1. The van der Waals surface area contributed by atoms with Gasteiger partial charge in [-0.05, 0) is 24.8 Å². The molecule has 2 aromatic rings. The molecule has 17 heavy (non-hydrogen) atoms. The van der Waals surface area contributed by atoms with Crippen LogP contribution in [0.2, 0.25) is 0 Å². The molecular formula is C12H15BrN4. The zero-order valence-corrected chi connectivity index (χ0v) is 11.2. The van der Waals surface area contributed by atoms with Crippen molar-refractivity contribution in [2.45, 2.75) is 12.8 Å². The molecule has 3 heterocycles. The lowest BCUT2D eigenvalue weighted by molar-refractivity contribution is 0.453. The minimum Gasteiger partial charge on any atom is -0.355 e. The highest BCUT2D eigenvalue weighted by atomic mass is 79.9. The third-order valence-electron chi connectivity index (χ3n) is 3.34. The average Bonchev–Trinajstić information content (AvgIpc) is 2.87. The van der Waals surface area contributed by atoms with Crippen molar-refractivity contribution < 1.29 is 0 Å². The monoisotopic (exact) mass is 294 g/mol. The number of anilines is 1. The van der Waals surface area contributed by atoms with Gasteiger partial charge in [-0.1, -0.05) is 15.9 Å². The number of fused-ring (bicyclic) bond motifs is 1. The third-order valence-corrected chi connectivity index (χ3v) is 4.26. The van der Waals surface area contributed by atoms with Crippen LogP contribution < -0.4 is 4.90 Å². The van der Waals surface area contributed by atoms with Gasteiger partial charge in [0.05, 0.1) is 6.20 Å². The van der Waals surface area contributed by atoms with E-state index in [0.717, 1.165) is 35.7 Å². The largest absolute Gasteiger partial charge is 0.355 e. The molecule has 3 rings (SSSR count). The molecule has 0 radical (unpaired) electrons. The zero-order chi connectivity index (χ0) is 11.7. The molecule has 1 unspecified atom stereocenters. The van der Waals surface area contributed by atoms with Gasteiger partial charge in [0, 0.05) is 30.8 Å². The van der Waals surface area contributed by atoms with Crippen LogP contribution in [-0.4, -0.2) is 33.0 Å². The maximum absolute atomic E-state index is 4.52. The molecule has 0 spiro atoms. The molecule has 2 aromatic heterocycles. The molecule has 1 aliphatic rings. The Morgan fingerprint density at radius 3 is 3.24 bits per heavy atom. The van der Waals surface area contributed by atoms with Crippen molar-refractivity contribution in [1.82, 2.24) is 14.6 Å². The summed E-state index contributed by atoms with van der Waals surface area (Å²) in [5, 5.41) is 5.33. The quantitative estimate of drug-likeness (QED) is 0.797. The summed E-state index contributed by atoms with van der Waals surface area (Å²) in [5.74, 6) is 1.80. The minimum absolute atomic E-state index is 0.730. The first kappa shape index (κ1) is 11.0. The highest BCUT2D eigenvalue weighted by molar-refractivity contribution is 9.09. The number of nitrogens with zero attached hydrogens (tertiary/aromatic N) is 4. The molecule has 0 aromatic carbocycles. The molecule has 1 aliphatic heterocycles. The van der Waals surface area contributed by atoms with E-state index in [1.807, 2.05) is 29.2 Å². The van der Waals surface area contributed by atoms with Crippen LogP contribution in [0.4, 0.5) is 5.82 Å². The molecule has 0 amide bonds. The van der Waals surface area contributed by atoms with E-state index >= 15 is 0 Å². The van der Waals surface area contributed by atoms with Crippen LogP contribution in [0, 0.1) is 5.92 Å². The topological polar surface area (TPSA) is 33.4 Å². The molecule has 1 fully saturated rings. The molecule has 1 saturated heterocycles. The molecule has 0 saturated carbocycles. The first-order chi connectivity index (χ1) is 8.38. The van der Waals surface area contributed by atoms with Gasteiger partial charge in [0.2, 0.25) is 0 Å². The van der Waals surface area contributed by atoms with Gasteiger partial charge in [-0.2, -0.15) is 5.10 Å². The fourth-order valence-corrected chi connectivity index (χ4v) is 3.00. The van der Waals surface area contributed by atoms with E-state index < -0.39 is 0 Å². The van der Waals surface area contributed by atoms with Gasteiger partial charge in [0.1, 0.15) is 5.52 Å². The highest BCUT2D eigenvalue weighted by Crippen LogP contribution is 2.25. The van der Waals surface area contributed by atoms with E-state index in [1.54, 1.807) is 0 Å². The average molecular weight is 295 g/mol. The Hall–Kier alpha value is -1.10. The van der Waals surface area contributed by atoms with Crippen LogP contribution in [0.15, 0.2) is 24.7 Å². The highest BCUT2D eigenvalue weighted by Gasteiger charge is 2.21. The predicted octanol–water partition coefficient (Wildman–Crippen LogP) is 2.34. The van der Waals surface area contributed by atoms with Crippen LogP contribution in [0.3, 0.4) is 0 Å². The van der Waals surface area contributed by atoms with Gasteiger partial charge in [-0.3, -0.25) is 0 Å². The number of halogens is 1. The SMILES string of the molecule is BrCC1CCCN(c2nccn3nccc23)C1. The first-order valence-electron chi connectivity index (χ1n) is 5.98. The predicted molar refractivity (Wildman–Crippen MR) is 71.7 cm³/mol. The molecule has 1 atom stereocenters. The van der Waals surface area contributed by atoms with E-state index in [4.69, 9.17) is 0 Å². The lowest BCUT2D eigenvalue weighted by Crippen LogP contribution is -2.36. The van der Waals surface area contributed by atoms with E-state index in [2.05, 4.69) is 30.9 Å². The summed E-state index contributed by atoms with van der Waals surface area (Å²) in [7, 11) is 0. The summed E-state index contributed by atoms with van der Waals surface area (Å²) in [6, 6.07) is 2.03. The molecule has 0 aliphatic carbocycles. The van der Waals surface area contributed by atoms with Gasteiger partial charge in [0.25, 0.3) is 0 Å². The Bertz CT molecular complexity index is 510. The Morgan fingerprint density at radius 1 is 1.41 bits per heavy atom. The number of hydrogen-bond acceptors (Lipinski definition) is 3. The normalized spacial score (nSPS) is 21.0. The summed E-state index contributed by atoms with van der Waals surface area (Å²) < 4.78 is 1.89. The molecule has 0 bridgehead atoms. The zero-order valence-electron chi connectivity index (χ0n) is 9.59. The number of hydrogen-bond donors (Lipinski definition) is 0. The summed E-state index contributed by atoms with van der Waals surface area (Å²) in [4.78, 5) is 6.90. The van der Waals surface area contributed by atoms with E-state index in [0.29, 0.717) is 0 Å². The van der Waals surface area contributed by atoms with Crippen molar-refractivity contribution in [3.8, 4) is 0 Å². The molecule has 5 heteroatoms. The minimum atomic E-state index is 0.730. The second-order valence-corrected chi connectivity index (χ2v) is 5.17. The summed E-state index contributed by atoms with van der Waals surface area (Å²) in [6.07, 6.45) is 8.10. The lowest BCUT2D eigenvalue weighted by Gasteiger charge is -2.32. The van der Waals surface area contributed by atoms with Crippen LogP contribution in [-0.2, 0) is 0 Å². The van der Waals surface area contributed by atoms with E-state index in [9.17, 15) is 0 Å². The van der Waals surface area contributed by atoms with Crippen LogP contribution in [0.5, 0.6) is 0 Å². The Labute approximate surface area is 109 Å². The fraction of sp³-hybridized carbons (Fsp3) is 0.500.